The molecule has 0 aliphatic carbocycles. The number of hydrogen-bond acceptors (Lipinski definition) is 4. The second-order valence-electron chi connectivity index (χ2n) is 7.69. The van der Waals surface area contributed by atoms with Crippen molar-refractivity contribution in [3.8, 4) is 0 Å². The molecule has 1 aromatic carbocycles. The Kier molecular flexibility index (Phi) is 9.67. The molecule has 0 atom stereocenters. The summed E-state index contributed by atoms with van der Waals surface area (Å²) in [5.41, 5.74) is 7.15. The summed E-state index contributed by atoms with van der Waals surface area (Å²) in [5, 5.41) is 2.78. The predicted molar refractivity (Wildman–Crippen MR) is 125 cm³/mol. The van der Waals surface area contributed by atoms with Gasteiger partial charge in [0.25, 0.3) is 5.91 Å². The van der Waals surface area contributed by atoms with Gasteiger partial charge in [0.1, 0.15) is 5.60 Å². The number of halogens is 1. The first-order valence-corrected chi connectivity index (χ1v) is 9.59. The van der Waals surface area contributed by atoms with E-state index in [1.807, 2.05) is 50.8 Å². The van der Waals surface area contributed by atoms with E-state index in [2.05, 4.69) is 10.3 Å². The number of carbonyl (C=O) groups is 2. The molecule has 0 unspecified atom stereocenters. The zero-order valence-electron chi connectivity index (χ0n) is 17.6. The van der Waals surface area contributed by atoms with Crippen molar-refractivity contribution in [2.75, 3.05) is 32.7 Å². The van der Waals surface area contributed by atoms with Crippen molar-refractivity contribution in [3.05, 3.63) is 35.4 Å². The number of guanidine groups is 1. The smallest absolute Gasteiger partial charge is 0.410 e. The molecule has 0 aromatic heterocycles. The van der Waals surface area contributed by atoms with Crippen molar-refractivity contribution >= 4 is 41.9 Å². The van der Waals surface area contributed by atoms with Crippen LogP contribution in [0.3, 0.4) is 0 Å². The highest BCUT2D eigenvalue weighted by Crippen LogP contribution is 2.12. The third-order valence-corrected chi connectivity index (χ3v) is 4.21. The molecular weight excluding hydrogens is 485 g/mol. The number of rotatable bonds is 4. The van der Waals surface area contributed by atoms with Crippen LogP contribution in [0.15, 0.2) is 29.3 Å². The van der Waals surface area contributed by atoms with Gasteiger partial charge in [-0.25, -0.2) is 9.79 Å². The molecule has 0 spiro atoms. The number of nitrogens with one attached hydrogen (secondary N) is 1. The molecule has 1 heterocycles. The fourth-order valence-electron chi connectivity index (χ4n) is 2.79. The normalized spacial score (nSPS) is 14.8. The minimum Gasteiger partial charge on any atom is -0.444 e. The Morgan fingerprint density at radius 3 is 2.38 bits per heavy atom. The fraction of sp³-hybridized carbons (Fsp3) is 0.550. The molecule has 2 amide bonds. The largest absolute Gasteiger partial charge is 0.444 e. The van der Waals surface area contributed by atoms with E-state index < -0.39 is 5.60 Å². The standard InChI is InChI=1S/C20H31N5O3.HI/c1-5-22-17(26)16-8-6-7-15(13-16)14-23-18(21)24-9-11-25(12-10-24)19(27)28-20(2,3)4;/h6-8,13H,5,9-12,14H2,1-4H3,(H2,21,23)(H,22,26);1H. The summed E-state index contributed by atoms with van der Waals surface area (Å²) >= 11 is 0. The lowest BCUT2D eigenvalue weighted by Gasteiger charge is -2.36. The predicted octanol–water partition coefficient (Wildman–Crippen LogP) is 2.42. The number of benzene rings is 1. The van der Waals surface area contributed by atoms with E-state index in [0.717, 1.165) is 5.56 Å². The van der Waals surface area contributed by atoms with Gasteiger partial charge in [-0.05, 0) is 45.4 Å². The maximum Gasteiger partial charge on any atom is 0.410 e. The lowest BCUT2D eigenvalue weighted by atomic mass is 10.1. The average molecular weight is 517 g/mol. The van der Waals surface area contributed by atoms with E-state index in [1.165, 1.54) is 0 Å². The van der Waals surface area contributed by atoms with E-state index >= 15 is 0 Å². The quantitative estimate of drug-likeness (QED) is 0.363. The Morgan fingerprint density at radius 2 is 1.79 bits per heavy atom. The Labute approximate surface area is 189 Å². The molecule has 3 N–H and O–H groups in total. The zero-order valence-corrected chi connectivity index (χ0v) is 19.9. The Morgan fingerprint density at radius 1 is 1.17 bits per heavy atom. The van der Waals surface area contributed by atoms with Gasteiger partial charge in [-0.1, -0.05) is 12.1 Å². The first-order chi connectivity index (χ1) is 13.2. The van der Waals surface area contributed by atoms with E-state index in [0.29, 0.717) is 50.8 Å². The molecule has 162 valence electrons. The molecule has 9 heteroatoms. The van der Waals surface area contributed by atoms with E-state index in [1.54, 1.807) is 11.0 Å². The van der Waals surface area contributed by atoms with Crippen molar-refractivity contribution in [2.24, 2.45) is 10.7 Å². The van der Waals surface area contributed by atoms with Gasteiger partial charge in [0.2, 0.25) is 0 Å². The number of nitrogens with two attached hydrogens (primary N) is 1. The van der Waals surface area contributed by atoms with Crippen molar-refractivity contribution in [3.63, 3.8) is 0 Å². The summed E-state index contributed by atoms with van der Waals surface area (Å²) in [5.74, 6) is 0.340. The Balaban J connectivity index is 0.00000420. The number of hydrogen-bond donors (Lipinski definition) is 2. The van der Waals surface area contributed by atoms with E-state index in [9.17, 15) is 9.59 Å². The van der Waals surface area contributed by atoms with Crippen LogP contribution >= 0.6 is 24.0 Å². The summed E-state index contributed by atoms with van der Waals surface area (Å²) in [4.78, 5) is 32.1. The van der Waals surface area contributed by atoms with Gasteiger partial charge in [-0.15, -0.1) is 24.0 Å². The summed E-state index contributed by atoms with van der Waals surface area (Å²) in [6, 6.07) is 7.35. The minimum absolute atomic E-state index is 0. The van der Waals surface area contributed by atoms with Crippen LogP contribution in [-0.2, 0) is 11.3 Å². The van der Waals surface area contributed by atoms with Gasteiger partial charge >= 0.3 is 6.09 Å². The van der Waals surface area contributed by atoms with Crippen LogP contribution in [0.2, 0.25) is 0 Å². The van der Waals surface area contributed by atoms with E-state index in [4.69, 9.17) is 10.5 Å². The molecule has 1 aliphatic heterocycles. The van der Waals surface area contributed by atoms with Gasteiger partial charge < -0.3 is 25.6 Å². The zero-order chi connectivity index (χ0) is 20.7. The van der Waals surface area contributed by atoms with Crippen LogP contribution in [0.4, 0.5) is 4.79 Å². The Hall–Kier alpha value is -2.04. The molecule has 1 aromatic rings. The second kappa shape index (κ2) is 11.2. The minimum atomic E-state index is -0.503. The van der Waals surface area contributed by atoms with Gasteiger partial charge in [0.15, 0.2) is 5.96 Å². The van der Waals surface area contributed by atoms with Gasteiger partial charge in [-0.3, -0.25) is 4.79 Å². The molecular formula is C20H32IN5O3. The van der Waals surface area contributed by atoms with Crippen LogP contribution in [0.5, 0.6) is 0 Å². The van der Waals surface area contributed by atoms with Crippen molar-refractivity contribution in [1.82, 2.24) is 15.1 Å². The number of carbonyl (C=O) groups excluding carboxylic acids is 2. The van der Waals surface area contributed by atoms with Crippen molar-refractivity contribution < 1.29 is 14.3 Å². The van der Waals surface area contributed by atoms with Crippen LogP contribution < -0.4 is 11.1 Å². The molecule has 0 saturated carbocycles. The first-order valence-electron chi connectivity index (χ1n) is 9.59. The maximum atomic E-state index is 12.1. The number of piperazine rings is 1. The number of amides is 2. The second-order valence-corrected chi connectivity index (χ2v) is 7.69. The lowest BCUT2D eigenvalue weighted by molar-refractivity contribution is 0.0186. The summed E-state index contributed by atoms with van der Waals surface area (Å²) in [7, 11) is 0. The highest BCUT2D eigenvalue weighted by molar-refractivity contribution is 14.0. The van der Waals surface area contributed by atoms with Crippen molar-refractivity contribution in [1.29, 1.82) is 0 Å². The molecule has 1 aliphatic rings. The number of nitrogens with zero attached hydrogens (tertiary/aromatic N) is 3. The SMILES string of the molecule is CCNC(=O)c1cccc(CN=C(N)N2CCN(C(=O)OC(C)(C)C)CC2)c1.I. The monoisotopic (exact) mass is 517 g/mol. The van der Waals surface area contributed by atoms with Gasteiger partial charge in [-0.2, -0.15) is 0 Å². The highest BCUT2D eigenvalue weighted by atomic mass is 127. The van der Waals surface area contributed by atoms with Gasteiger partial charge in [0.05, 0.1) is 6.54 Å². The van der Waals surface area contributed by atoms with E-state index in [-0.39, 0.29) is 36.0 Å². The summed E-state index contributed by atoms with van der Waals surface area (Å²) in [6.07, 6.45) is -0.301. The molecule has 29 heavy (non-hydrogen) atoms. The first kappa shape index (κ1) is 25.0. The molecule has 1 fully saturated rings. The third kappa shape index (κ3) is 8.08. The number of aliphatic imine (C=N–C) groups is 1. The maximum absolute atomic E-state index is 12.1. The van der Waals surface area contributed by atoms with Crippen LogP contribution in [0, 0.1) is 0 Å². The molecule has 8 nitrogen and oxygen atoms in total. The summed E-state index contributed by atoms with van der Waals surface area (Å²) < 4.78 is 5.40. The Bertz CT molecular complexity index is 725. The highest BCUT2D eigenvalue weighted by Gasteiger charge is 2.26. The fourth-order valence-corrected chi connectivity index (χ4v) is 2.79. The third-order valence-electron chi connectivity index (χ3n) is 4.21. The topological polar surface area (TPSA) is 100 Å². The lowest BCUT2D eigenvalue weighted by Crippen LogP contribution is -2.53. The van der Waals surface area contributed by atoms with Crippen LogP contribution in [-0.4, -0.2) is 66.1 Å². The van der Waals surface area contributed by atoms with Crippen LogP contribution in [0.1, 0.15) is 43.6 Å². The average Bonchev–Trinajstić information content (AvgIpc) is 2.65. The van der Waals surface area contributed by atoms with Crippen LogP contribution in [0.25, 0.3) is 0 Å². The molecule has 2 rings (SSSR count). The van der Waals surface area contributed by atoms with Crippen molar-refractivity contribution in [2.45, 2.75) is 39.8 Å². The molecule has 0 bridgehead atoms. The molecule has 1 saturated heterocycles. The van der Waals surface area contributed by atoms with Gasteiger partial charge in [0, 0.05) is 38.3 Å². The summed E-state index contributed by atoms with van der Waals surface area (Å²) in [6.45, 7) is 10.7. The molecule has 0 radical (unpaired) electrons. The number of ether oxygens (including phenoxy) is 1.